The smallest absolute Gasteiger partial charge is 0.234 e. The Kier molecular flexibility index (Phi) is 5.58. The van der Waals surface area contributed by atoms with Crippen molar-refractivity contribution in [2.45, 2.75) is 18.9 Å². The van der Waals surface area contributed by atoms with E-state index < -0.39 is 0 Å². The molecule has 4 aromatic rings. The van der Waals surface area contributed by atoms with Crippen LogP contribution in [0.5, 0.6) is 0 Å². The Morgan fingerprint density at radius 1 is 0.897 bits per heavy atom. The van der Waals surface area contributed by atoms with Gasteiger partial charge in [0.2, 0.25) is 5.91 Å². The van der Waals surface area contributed by atoms with Gasteiger partial charge in [-0.3, -0.25) is 4.79 Å². The first-order valence-corrected chi connectivity index (χ1v) is 10.4. The maximum absolute atomic E-state index is 12.5. The summed E-state index contributed by atoms with van der Waals surface area (Å²) in [6.45, 7) is 4.07. The zero-order valence-electron chi connectivity index (χ0n) is 16.3. The predicted octanol–water partition coefficient (Wildman–Crippen LogP) is 5.64. The van der Waals surface area contributed by atoms with Crippen LogP contribution in [0.3, 0.4) is 0 Å². The van der Waals surface area contributed by atoms with E-state index in [-0.39, 0.29) is 11.7 Å². The molecule has 1 heterocycles. The largest absolute Gasteiger partial charge is 0.325 e. The van der Waals surface area contributed by atoms with Crippen molar-refractivity contribution in [2.75, 3.05) is 11.1 Å². The molecule has 0 aliphatic heterocycles. The molecule has 0 atom stereocenters. The number of carbonyl (C=O) groups is 1. The van der Waals surface area contributed by atoms with E-state index in [0.29, 0.717) is 5.82 Å². The summed E-state index contributed by atoms with van der Waals surface area (Å²) >= 11 is 1.43. The van der Waals surface area contributed by atoms with Gasteiger partial charge in [0, 0.05) is 16.6 Å². The maximum atomic E-state index is 12.5. The van der Waals surface area contributed by atoms with Gasteiger partial charge in [0.25, 0.3) is 0 Å². The number of nitrogens with one attached hydrogen (secondary N) is 1. The third kappa shape index (κ3) is 4.63. The van der Waals surface area contributed by atoms with E-state index in [9.17, 15) is 4.79 Å². The van der Waals surface area contributed by atoms with Crippen LogP contribution in [0.15, 0.2) is 77.8 Å². The zero-order chi connectivity index (χ0) is 20.2. The number of aromatic nitrogens is 2. The number of rotatable bonds is 5. The molecule has 5 heteroatoms. The highest BCUT2D eigenvalue weighted by atomic mass is 32.2. The highest BCUT2D eigenvalue weighted by Crippen LogP contribution is 2.29. The summed E-state index contributed by atoms with van der Waals surface area (Å²) in [6, 6.07) is 23.8. The van der Waals surface area contributed by atoms with E-state index in [2.05, 4.69) is 11.4 Å². The lowest BCUT2D eigenvalue weighted by Crippen LogP contribution is -2.14. The van der Waals surface area contributed by atoms with Crippen LogP contribution in [0.1, 0.15) is 11.1 Å². The molecule has 1 aromatic heterocycles. The molecule has 0 saturated heterocycles. The van der Waals surface area contributed by atoms with Crippen LogP contribution >= 0.6 is 11.8 Å². The van der Waals surface area contributed by atoms with Crippen molar-refractivity contribution in [3.63, 3.8) is 0 Å². The standard InChI is InChI=1S/C24H21N3OS/c1-16-8-11-19(12-9-16)25-22(28)15-29-24-20-14-17(2)10-13-21(20)26-23(27-24)18-6-4-3-5-7-18/h3-14H,15H2,1-2H3,(H,25,28). The fourth-order valence-corrected chi connectivity index (χ4v) is 3.82. The third-order valence-corrected chi connectivity index (χ3v) is 5.51. The monoisotopic (exact) mass is 399 g/mol. The summed E-state index contributed by atoms with van der Waals surface area (Å²) < 4.78 is 0. The predicted molar refractivity (Wildman–Crippen MR) is 120 cm³/mol. The minimum Gasteiger partial charge on any atom is -0.325 e. The van der Waals surface area contributed by atoms with E-state index in [1.807, 2.05) is 80.6 Å². The minimum atomic E-state index is -0.0560. The van der Waals surface area contributed by atoms with Gasteiger partial charge in [-0.05, 0) is 38.1 Å². The third-order valence-electron chi connectivity index (χ3n) is 4.52. The Morgan fingerprint density at radius 2 is 1.62 bits per heavy atom. The summed E-state index contributed by atoms with van der Waals surface area (Å²) in [5.41, 5.74) is 4.94. The quantitative estimate of drug-likeness (QED) is 0.348. The molecule has 1 amide bonds. The van der Waals surface area contributed by atoms with Crippen molar-refractivity contribution in [2.24, 2.45) is 0 Å². The van der Waals surface area contributed by atoms with Gasteiger partial charge in [-0.25, -0.2) is 9.97 Å². The van der Waals surface area contributed by atoms with Gasteiger partial charge in [-0.15, -0.1) is 0 Å². The highest BCUT2D eigenvalue weighted by Gasteiger charge is 2.12. The molecule has 0 bridgehead atoms. The number of thioether (sulfide) groups is 1. The van der Waals surface area contributed by atoms with Crippen LogP contribution in [0.4, 0.5) is 5.69 Å². The Labute approximate surface area is 174 Å². The first-order valence-electron chi connectivity index (χ1n) is 9.41. The number of hydrogen-bond acceptors (Lipinski definition) is 4. The van der Waals surface area contributed by atoms with Crippen molar-refractivity contribution in [3.05, 3.63) is 83.9 Å². The normalized spacial score (nSPS) is 10.8. The van der Waals surface area contributed by atoms with Gasteiger partial charge >= 0.3 is 0 Å². The summed E-state index contributed by atoms with van der Waals surface area (Å²) in [5, 5.41) is 4.73. The van der Waals surface area contributed by atoms with Gasteiger partial charge in [0.05, 0.1) is 11.3 Å². The first kappa shape index (κ1) is 19.2. The Morgan fingerprint density at radius 3 is 2.38 bits per heavy atom. The van der Waals surface area contributed by atoms with Crippen molar-refractivity contribution in [1.82, 2.24) is 9.97 Å². The second-order valence-corrected chi connectivity index (χ2v) is 7.91. The lowest BCUT2D eigenvalue weighted by atomic mass is 10.1. The molecular formula is C24H21N3OS. The number of carbonyl (C=O) groups excluding carboxylic acids is 1. The second kappa shape index (κ2) is 8.45. The fraction of sp³-hybridized carbons (Fsp3) is 0.125. The lowest BCUT2D eigenvalue weighted by molar-refractivity contribution is -0.113. The Balaban J connectivity index is 1.60. The van der Waals surface area contributed by atoms with Crippen molar-refractivity contribution in [1.29, 1.82) is 0 Å². The molecule has 0 radical (unpaired) electrons. The second-order valence-electron chi connectivity index (χ2n) is 6.94. The molecule has 4 rings (SSSR count). The number of fused-ring (bicyclic) bond motifs is 1. The summed E-state index contributed by atoms with van der Waals surface area (Å²) in [5.74, 6) is 0.894. The molecule has 0 fully saturated rings. The molecule has 0 saturated carbocycles. The van der Waals surface area contributed by atoms with Crippen LogP contribution in [0, 0.1) is 13.8 Å². The minimum absolute atomic E-state index is 0.0560. The van der Waals surface area contributed by atoms with Crippen LogP contribution in [-0.4, -0.2) is 21.6 Å². The summed E-state index contributed by atoms with van der Waals surface area (Å²) in [4.78, 5) is 22.0. The Bertz CT molecular complexity index is 1160. The molecule has 0 unspecified atom stereocenters. The van der Waals surface area contributed by atoms with E-state index in [0.717, 1.165) is 38.3 Å². The van der Waals surface area contributed by atoms with Gasteiger partial charge in [0.15, 0.2) is 5.82 Å². The SMILES string of the molecule is Cc1ccc(NC(=O)CSc2nc(-c3ccccc3)nc3ccc(C)cc23)cc1. The van der Waals surface area contributed by atoms with Crippen molar-refractivity contribution < 1.29 is 4.79 Å². The summed E-state index contributed by atoms with van der Waals surface area (Å²) in [6.07, 6.45) is 0. The van der Waals surface area contributed by atoms with E-state index in [1.54, 1.807) is 0 Å². The summed E-state index contributed by atoms with van der Waals surface area (Å²) in [7, 11) is 0. The molecule has 0 aliphatic carbocycles. The van der Waals surface area contributed by atoms with Crippen molar-refractivity contribution in [3.8, 4) is 11.4 Å². The van der Waals surface area contributed by atoms with Gasteiger partial charge < -0.3 is 5.32 Å². The van der Waals surface area contributed by atoms with Gasteiger partial charge in [0.1, 0.15) is 5.03 Å². The zero-order valence-corrected chi connectivity index (χ0v) is 17.2. The fourth-order valence-electron chi connectivity index (χ4n) is 3.01. The molecule has 1 N–H and O–H groups in total. The molecule has 0 spiro atoms. The molecule has 0 aliphatic rings. The average molecular weight is 400 g/mol. The van der Waals surface area contributed by atoms with Crippen molar-refractivity contribution >= 4 is 34.3 Å². The number of amides is 1. The van der Waals surface area contributed by atoms with E-state index in [1.165, 1.54) is 11.8 Å². The Hall–Kier alpha value is -3.18. The number of anilines is 1. The topological polar surface area (TPSA) is 54.9 Å². The highest BCUT2D eigenvalue weighted by molar-refractivity contribution is 8.00. The number of aryl methyl sites for hydroxylation is 2. The molecule has 144 valence electrons. The van der Waals surface area contributed by atoms with E-state index >= 15 is 0 Å². The molecule has 29 heavy (non-hydrogen) atoms. The van der Waals surface area contributed by atoms with Crippen LogP contribution in [0.25, 0.3) is 22.3 Å². The number of benzene rings is 3. The van der Waals surface area contributed by atoms with Gasteiger partial charge in [-0.2, -0.15) is 0 Å². The van der Waals surface area contributed by atoms with Crippen LogP contribution in [0.2, 0.25) is 0 Å². The first-order chi connectivity index (χ1) is 14.1. The van der Waals surface area contributed by atoms with Gasteiger partial charge in [-0.1, -0.05) is 71.4 Å². The molecule has 3 aromatic carbocycles. The molecular weight excluding hydrogens is 378 g/mol. The molecule has 4 nitrogen and oxygen atoms in total. The lowest BCUT2D eigenvalue weighted by Gasteiger charge is -2.10. The van der Waals surface area contributed by atoms with Crippen LogP contribution in [-0.2, 0) is 4.79 Å². The average Bonchev–Trinajstić information content (AvgIpc) is 2.74. The number of hydrogen-bond donors (Lipinski definition) is 1. The number of nitrogens with zero attached hydrogens (tertiary/aromatic N) is 2. The van der Waals surface area contributed by atoms with Crippen LogP contribution < -0.4 is 5.32 Å². The maximum Gasteiger partial charge on any atom is 0.234 e. The van der Waals surface area contributed by atoms with E-state index in [4.69, 9.17) is 9.97 Å².